The topological polar surface area (TPSA) is 93.4 Å². The number of unbranched alkanes of at least 4 members (excludes halogenated alkanes) is 3. The number of nitrogens with one attached hydrogen (secondary N) is 2. The summed E-state index contributed by atoms with van der Waals surface area (Å²) < 4.78 is 5.76. The Kier molecular flexibility index (Phi) is 7.25. The van der Waals surface area contributed by atoms with Crippen molar-refractivity contribution in [3.8, 4) is 5.75 Å². The van der Waals surface area contributed by atoms with Gasteiger partial charge in [0, 0.05) is 6.42 Å². The van der Waals surface area contributed by atoms with Crippen LogP contribution in [-0.2, 0) is 9.59 Å². The Labute approximate surface area is 149 Å². The van der Waals surface area contributed by atoms with Crippen molar-refractivity contribution in [1.29, 1.82) is 0 Å². The van der Waals surface area contributed by atoms with E-state index in [9.17, 15) is 9.59 Å². The minimum atomic E-state index is -0.457. The first-order chi connectivity index (χ1) is 12.0. The van der Waals surface area contributed by atoms with Gasteiger partial charge in [0.1, 0.15) is 5.75 Å². The Morgan fingerprint density at radius 2 is 2.08 bits per heavy atom. The number of ether oxygens (including phenoxy) is 1. The molecule has 2 atom stereocenters. The molecule has 0 spiro atoms. The Balaban J connectivity index is 1.89. The van der Waals surface area contributed by atoms with Gasteiger partial charge in [0.25, 0.3) is 5.91 Å². The van der Waals surface area contributed by atoms with Crippen molar-refractivity contribution < 1.29 is 14.3 Å². The highest BCUT2D eigenvalue weighted by Crippen LogP contribution is 2.33. The summed E-state index contributed by atoms with van der Waals surface area (Å²) >= 11 is 0. The molecule has 2 unspecified atom stereocenters. The normalized spacial score (nSPS) is 17.2. The molecule has 6 heteroatoms. The van der Waals surface area contributed by atoms with Crippen LogP contribution in [0.1, 0.15) is 64.0 Å². The van der Waals surface area contributed by atoms with Gasteiger partial charge >= 0.3 is 0 Å². The zero-order valence-electron chi connectivity index (χ0n) is 15.1. The van der Waals surface area contributed by atoms with Gasteiger partial charge in [-0.1, -0.05) is 25.8 Å². The molecule has 6 nitrogen and oxygen atoms in total. The van der Waals surface area contributed by atoms with Gasteiger partial charge in [-0.2, -0.15) is 0 Å². The number of anilines is 1. The molecule has 0 aliphatic carbocycles. The lowest BCUT2D eigenvalue weighted by Gasteiger charge is -2.26. The maximum atomic E-state index is 12.1. The molecule has 0 radical (unpaired) electrons. The number of benzene rings is 1. The predicted octanol–water partition coefficient (Wildman–Crippen LogP) is 2.88. The molecule has 1 aromatic rings. The van der Waals surface area contributed by atoms with E-state index < -0.39 is 6.10 Å². The molecule has 0 saturated carbocycles. The van der Waals surface area contributed by atoms with E-state index in [1.807, 2.05) is 32.0 Å². The quantitative estimate of drug-likeness (QED) is 0.599. The summed E-state index contributed by atoms with van der Waals surface area (Å²) in [6, 6.07) is 5.51. The average molecular weight is 347 g/mol. The Morgan fingerprint density at radius 1 is 1.32 bits per heavy atom. The summed E-state index contributed by atoms with van der Waals surface area (Å²) in [5.41, 5.74) is 7.10. The number of rotatable bonds is 9. The molecule has 0 bridgehead atoms. The zero-order chi connectivity index (χ0) is 18.2. The largest absolute Gasteiger partial charge is 0.478 e. The van der Waals surface area contributed by atoms with Gasteiger partial charge in [-0.3, -0.25) is 9.59 Å². The van der Waals surface area contributed by atoms with Gasteiger partial charge in [-0.15, -0.1) is 0 Å². The smallest absolute Gasteiger partial charge is 0.265 e. The molecule has 4 N–H and O–H groups in total. The van der Waals surface area contributed by atoms with Crippen LogP contribution in [-0.4, -0.2) is 24.5 Å². The number of fused-ring (bicyclic) bond motifs is 1. The van der Waals surface area contributed by atoms with Crippen molar-refractivity contribution >= 4 is 17.5 Å². The predicted molar refractivity (Wildman–Crippen MR) is 98.5 cm³/mol. The number of hydrogen-bond acceptors (Lipinski definition) is 4. The first kappa shape index (κ1) is 19.2. The Bertz CT molecular complexity index is 604. The maximum absolute atomic E-state index is 12.1. The molecule has 1 aliphatic rings. The molecule has 138 valence electrons. The summed E-state index contributed by atoms with van der Waals surface area (Å²) in [7, 11) is 0. The number of nitrogens with two attached hydrogens (primary N) is 1. The SMILES string of the molecule is CCC1Oc2cc(C(C)NC(=O)CCCCCCN)ccc2NC1=O. The Morgan fingerprint density at radius 3 is 2.80 bits per heavy atom. The highest BCUT2D eigenvalue weighted by molar-refractivity contribution is 5.97. The molecule has 1 heterocycles. The zero-order valence-corrected chi connectivity index (χ0v) is 15.1. The van der Waals surface area contributed by atoms with E-state index in [1.54, 1.807) is 0 Å². The van der Waals surface area contributed by atoms with E-state index in [0.29, 0.717) is 30.8 Å². The van der Waals surface area contributed by atoms with Crippen LogP contribution < -0.4 is 21.1 Å². The van der Waals surface area contributed by atoms with Gasteiger partial charge in [-0.25, -0.2) is 0 Å². The van der Waals surface area contributed by atoms with Crippen molar-refractivity contribution in [3.05, 3.63) is 23.8 Å². The molecule has 2 rings (SSSR count). The average Bonchev–Trinajstić information content (AvgIpc) is 2.60. The Hall–Kier alpha value is -2.08. The van der Waals surface area contributed by atoms with Crippen LogP contribution >= 0.6 is 0 Å². The maximum Gasteiger partial charge on any atom is 0.265 e. The first-order valence-electron chi connectivity index (χ1n) is 9.16. The fourth-order valence-corrected chi connectivity index (χ4v) is 2.88. The number of carbonyl (C=O) groups is 2. The highest BCUT2D eigenvalue weighted by atomic mass is 16.5. The van der Waals surface area contributed by atoms with E-state index >= 15 is 0 Å². The fourth-order valence-electron chi connectivity index (χ4n) is 2.88. The highest BCUT2D eigenvalue weighted by Gasteiger charge is 2.26. The van der Waals surface area contributed by atoms with Crippen LogP contribution in [0.5, 0.6) is 5.75 Å². The van der Waals surface area contributed by atoms with E-state index in [1.165, 1.54) is 0 Å². The molecular weight excluding hydrogens is 318 g/mol. The van der Waals surface area contributed by atoms with Crippen LogP contribution in [0.15, 0.2) is 18.2 Å². The second-order valence-electron chi connectivity index (χ2n) is 6.50. The van der Waals surface area contributed by atoms with Crippen molar-refractivity contribution in [2.24, 2.45) is 5.73 Å². The van der Waals surface area contributed by atoms with Crippen LogP contribution in [0.3, 0.4) is 0 Å². The van der Waals surface area contributed by atoms with Crippen LogP contribution in [0.2, 0.25) is 0 Å². The van der Waals surface area contributed by atoms with Crippen LogP contribution in [0.25, 0.3) is 0 Å². The van der Waals surface area contributed by atoms with Crippen molar-refractivity contribution in [1.82, 2.24) is 5.32 Å². The third kappa shape index (κ3) is 5.46. The monoisotopic (exact) mass is 347 g/mol. The minimum Gasteiger partial charge on any atom is -0.478 e. The number of hydrogen-bond donors (Lipinski definition) is 3. The summed E-state index contributed by atoms with van der Waals surface area (Å²) in [6.45, 7) is 4.57. The van der Waals surface area contributed by atoms with Gasteiger partial charge in [0.2, 0.25) is 5.91 Å². The van der Waals surface area contributed by atoms with Gasteiger partial charge < -0.3 is 21.1 Å². The summed E-state index contributed by atoms with van der Waals surface area (Å²) in [5, 5.41) is 5.87. The molecule has 25 heavy (non-hydrogen) atoms. The molecule has 0 fully saturated rings. The minimum absolute atomic E-state index is 0.0543. The standard InChI is InChI=1S/C19H29N3O3/c1-3-16-19(24)22-15-10-9-14(12-17(15)25-16)13(2)21-18(23)8-6-4-5-7-11-20/h9-10,12-13,16H,3-8,11,20H2,1-2H3,(H,21,23)(H,22,24). The summed E-state index contributed by atoms with van der Waals surface area (Å²) in [5.74, 6) is 0.601. The molecular formula is C19H29N3O3. The molecule has 0 saturated heterocycles. The van der Waals surface area contributed by atoms with E-state index in [0.717, 1.165) is 31.2 Å². The molecule has 0 aromatic heterocycles. The van der Waals surface area contributed by atoms with E-state index in [-0.39, 0.29) is 17.9 Å². The van der Waals surface area contributed by atoms with Gasteiger partial charge in [0.15, 0.2) is 6.10 Å². The van der Waals surface area contributed by atoms with E-state index in [2.05, 4.69) is 10.6 Å². The first-order valence-corrected chi connectivity index (χ1v) is 9.16. The van der Waals surface area contributed by atoms with E-state index in [4.69, 9.17) is 10.5 Å². The van der Waals surface area contributed by atoms with Gasteiger partial charge in [-0.05, 0) is 50.4 Å². The summed E-state index contributed by atoms with van der Waals surface area (Å²) in [6.07, 6.45) is 4.70. The summed E-state index contributed by atoms with van der Waals surface area (Å²) in [4.78, 5) is 23.9. The third-order valence-electron chi connectivity index (χ3n) is 4.43. The second-order valence-corrected chi connectivity index (χ2v) is 6.50. The van der Waals surface area contributed by atoms with Crippen LogP contribution in [0.4, 0.5) is 5.69 Å². The number of amides is 2. The number of carbonyl (C=O) groups excluding carboxylic acids is 2. The van der Waals surface area contributed by atoms with Crippen LogP contribution in [0, 0.1) is 0 Å². The lowest BCUT2D eigenvalue weighted by atomic mass is 10.1. The lowest BCUT2D eigenvalue weighted by Crippen LogP contribution is -2.36. The lowest BCUT2D eigenvalue weighted by molar-refractivity contribution is -0.123. The van der Waals surface area contributed by atoms with Crippen molar-refractivity contribution in [2.75, 3.05) is 11.9 Å². The molecule has 1 aromatic carbocycles. The van der Waals surface area contributed by atoms with Crippen molar-refractivity contribution in [2.45, 2.75) is 64.5 Å². The van der Waals surface area contributed by atoms with Gasteiger partial charge in [0.05, 0.1) is 11.7 Å². The third-order valence-corrected chi connectivity index (χ3v) is 4.43. The second kappa shape index (κ2) is 9.42. The molecule has 1 aliphatic heterocycles. The molecule has 2 amide bonds. The van der Waals surface area contributed by atoms with Crippen molar-refractivity contribution in [3.63, 3.8) is 0 Å². The fraction of sp³-hybridized carbons (Fsp3) is 0.579.